The first-order valence-electron chi connectivity index (χ1n) is 7.39. The molecule has 3 nitrogen and oxygen atoms in total. The van der Waals surface area contributed by atoms with Crippen molar-refractivity contribution in [2.45, 2.75) is 38.8 Å². The van der Waals surface area contributed by atoms with Crippen molar-refractivity contribution in [3.05, 3.63) is 52.7 Å². The van der Waals surface area contributed by atoms with Crippen LogP contribution in [0.2, 0.25) is 5.02 Å². The summed E-state index contributed by atoms with van der Waals surface area (Å²) in [5, 5.41) is 3.99. The number of nitrogens with one attached hydrogen (secondary N) is 1. The highest BCUT2D eigenvalue weighted by Crippen LogP contribution is 2.28. The molecule has 1 aliphatic rings. The number of aryl methyl sites for hydroxylation is 1. The van der Waals surface area contributed by atoms with E-state index < -0.39 is 0 Å². The van der Waals surface area contributed by atoms with Gasteiger partial charge in [0.15, 0.2) is 0 Å². The van der Waals surface area contributed by atoms with Gasteiger partial charge in [0.05, 0.1) is 0 Å². The number of nitrogens with zero attached hydrogens (tertiary/aromatic N) is 1. The van der Waals surface area contributed by atoms with Gasteiger partial charge < -0.3 is 10.1 Å². The lowest BCUT2D eigenvalue weighted by Gasteiger charge is -2.09. The van der Waals surface area contributed by atoms with Crippen LogP contribution in [0.1, 0.15) is 30.9 Å². The Kier molecular flexibility index (Phi) is 4.42. The fourth-order valence-electron chi connectivity index (χ4n) is 2.09. The highest BCUT2D eigenvalue weighted by atomic mass is 35.5. The quantitative estimate of drug-likeness (QED) is 0.862. The van der Waals surface area contributed by atoms with Crippen LogP contribution in [0.5, 0.6) is 11.6 Å². The van der Waals surface area contributed by atoms with Crippen molar-refractivity contribution in [2.24, 2.45) is 0 Å². The van der Waals surface area contributed by atoms with Gasteiger partial charge in [0, 0.05) is 18.8 Å². The predicted octanol–water partition coefficient (Wildman–Crippen LogP) is 4.34. The maximum Gasteiger partial charge on any atom is 0.238 e. The van der Waals surface area contributed by atoms with Crippen molar-refractivity contribution in [1.29, 1.82) is 0 Å². The Bertz CT molecular complexity index is 609. The van der Waals surface area contributed by atoms with Gasteiger partial charge in [0.2, 0.25) is 5.88 Å². The van der Waals surface area contributed by atoms with Crippen LogP contribution >= 0.6 is 11.6 Å². The maximum atomic E-state index is 6.25. The molecule has 0 unspecified atom stereocenters. The van der Waals surface area contributed by atoms with Crippen LogP contribution in [-0.2, 0) is 13.0 Å². The number of hydrogen-bond acceptors (Lipinski definition) is 3. The topological polar surface area (TPSA) is 34.1 Å². The molecule has 21 heavy (non-hydrogen) atoms. The molecule has 0 bridgehead atoms. The summed E-state index contributed by atoms with van der Waals surface area (Å²) in [5.41, 5.74) is 2.36. The third-order valence-electron chi connectivity index (χ3n) is 3.58. The van der Waals surface area contributed by atoms with E-state index in [4.69, 9.17) is 16.3 Å². The fraction of sp³-hybridized carbons (Fsp3) is 0.353. The fourth-order valence-corrected chi connectivity index (χ4v) is 2.32. The van der Waals surface area contributed by atoms with Crippen molar-refractivity contribution in [1.82, 2.24) is 10.3 Å². The Morgan fingerprint density at radius 2 is 2.00 bits per heavy atom. The molecule has 0 saturated heterocycles. The predicted molar refractivity (Wildman–Crippen MR) is 85.0 cm³/mol. The lowest BCUT2D eigenvalue weighted by atomic mass is 10.2. The molecule has 1 N–H and O–H groups in total. The van der Waals surface area contributed by atoms with E-state index in [1.54, 1.807) is 0 Å². The van der Waals surface area contributed by atoms with Crippen LogP contribution in [0.4, 0.5) is 0 Å². The van der Waals surface area contributed by atoms with E-state index in [1.807, 2.05) is 24.4 Å². The largest absolute Gasteiger partial charge is 0.438 e. The summed E-state index contributed by atoms with van der Waals surface area (Å²) >= 11 is 6.25. The number of aromatic nitrogens is 1. The van der Waals surface area contributed by atoms with E-state index in [2.05, 4.69) is 29.4 Å². The minimum Gasteiger partial charge on any atom is -0.438 e. The number of halogens is 1. The maximum absolute atomic E-state index is 6.25. The molecule has 1 aromatic carbocycles. The Hall–Kier alpha value is -1.58. The number of benzene rings is 1. The molecule has 0 aliphatic heterocycles. The van der Waals surface area contributed by atoms with Gasteiger partial charge in [0.1, 0.15) is 10.8 Å². The molecule has 110 valence electrons. The summed E-state index contributed by atoms with van der Waals surface area (Å²) < 4.78 is 5.74. The van der Waals surface area contributed by atoms with E-state index in [9.17, 15) is 0 Å². The molecule has 0 amide bonds. The zero-order valence-electron chi connectivity index (χ0n) is 12.1. The van der Waals surface area contributed by atoms with Crippen molar-refractivity contribution >= 4 is 11.6 Å². The number of ether oxygens (including phenoxy) is 1. The minimum atomic E-state index is 0.455. The van der Waals surface area contributed by atoms with E-state index in [1.165, 1.54) is 18.4 Å². The van der Waals surface area contributed by atoms with Crippen LogP contribution in [0.3, 0.4) is 0 Å². The number of hydrogen-bond donors (Lipinski definition) is 1. The first-order chi connectivity index (χ1) is 10.2. The average molecular weight is 303 g/mol. The Balaban J connectivity index is 1.66. The van der Waals surface area contributed by atoms with Crippen LogP contribution in [0.15, 0.2) is 36.5 Å². The molecule has 0 spiro atoms. The zero-order valence-corrected chi connectivity index (χ0v) is 12.9. The van der Waals surface area contributed by atoms with E-state index >= 15 is 0 Å². The first kappa shape index (κ1) is 14.4. The highest BCUT2D eigenvalue weighted by molar-refractivity contribution is 6.31. The van der Waals surface area contributed by atoms with E-state index in [-0.39, 0.29) is 0 Å². The molecule has 1 aromatic heterocycles. The smallest absolute Gasteiger partial charge is 0.238 e. The SMILES string of the molecule is CCc1ccc(Oc2ncc(CNC3CC3)cc2Cl)cc1. The van der Waals surface area contributed by atoms with Crippen molar-refractivity contribution < 1.29 is 4.74 Å². The van der Waals surface area contributed by atoms with Gasteiger partial charge in [-0.15, -0.1) is 0 Å². The normalized spacial score (nSPS) is 14.2. The van der Waals surface area contributed by atoms with Crippen LogP contribution in [0, 0.1) is 0 Å². The third kappa shape index (κ3) is 3.96. The third-order valence-corrected chi connectivity index (χ3v) is 3.85. The van der Waals surface area contributed by atoms with E-state index in [0.717, 1.165) is 24.3 Å². The second-order valence-corrected chi connectivity index (χ2v) is 5.79. The molecular formula is C17H19ClN2O. The molecule has 1 saturated carbocycles. The number of pyridine rings is 1. The summed E-state index contributed by atoms with van der Waals surface area (Å²) in [5.74, 6) is 1.21. The van der Waals surface area contributed by atoms with Crippen molar-refractivity contribution in [3.8, 4) is 11.6 Å². The highest BCUT2D eigenvalue weighted by Gasteiger charge is 2.20. The van der Waals surface area contributed by atoms with Gasteiger partial charge in [-0.3, -0.25) is 0 Å². The molecule has 1 heterocycles. The standard InChI is InChI=1S/C17H19ClN2O/c1-2-12-3-7-15(8-4-12)21-17-16(18)9-13(11-20-17)10-19-14-5-6-14/h3-4,7-9,11,14,19H,2,5-6,10H2,1H3. The Morgan fingerprint density at radius 3 is 2.62 bits per heavy atom. The molecule has 0 atom stereocenters. The van der Waals surface area contributed by atoms with Gasteiger partial charge in [-0.1, -0.05) is 30.7 Å². The van der Waals surface area contributed by atoms with Gasteiger partial charge in [-0.25, -0.2) is 4.98 Å². The average Bonchev–Trinajstić information content (AvgIpc) is 3.33. The summed E-state index contributed by atoms with van der Waals surface area (Å²) in [6, 6.07) is 10.6. The molecule has 0 radical (unpaired) electrons. The van der Waals surface area contributed by atoms with Gasteiger partial charge in [0.25, 0.3) is 0 Å². The molecule has 1 fully saturated rings. The number of rotatable bonds is 6. The Labute approximate surface area is 130 Å². The van der Waals surface area contributed by atoms with Crippen LogP contribution in [-0.4, -0.2) is 11.0 Å². The zero-order chi connectivity index (χ0) is 14.7. The summed E-state index contributed by atoms with van der Waals surface area (Å²) in [7, 11) is 0. The summed E-state index contributed by atoms with van der Waals surface area (Å²) in [6.45, 7) is 2.94. The van der Waals surface area contributed by atoms with Crippen molar-refractivity contribution in [3.63, 3.8) is 0 Å². The monoisotopic (exact) mass is 302 g/mol. The lowest BCUT2D eigenvalue weighted by molar-refractivity contribution is 0.462. The molecule has 2 aromatic rings. The minimum absolute atomic E-state index is 0.455. The van der Waals surface area contributed by atoms with Gasteiger partial charge >= 0.3 is 0 Å². The second kappa shape index (κ2) is 6.46. The summed E-state index contributed by atoms with van der Waals surface area (Å²) in [6.07, 6.45) is 5.38. The first-order valence-corrected chi connectivity index (χ1v) is 7.77. The van der Waals surface area contributed by atoms with Crippen LogP contribution < -0.4 is 10.1 Å². The second-order valence-electron chi connectivity index (χ2n) is 5.39. The Morgan fingerprint density at radius 1 is 1.24 bits per heavy atom. The van der Waals surface area contributed by atoms with Gasteiger partial charge in [-0.2, -0.15) is 0 Å². The van der Waals surface area contributed by atoms with Crippen LogP contribution in [0.25, 0.3) is 0 Å². The van der Waals surface area contributed by atoms with E-state index in [0.29, 0.717) is 16.9 Å². The van der Waals surface area contributed by atoms with Crippen molar-refractivity contribution in [2.75, 3.05) is 0 Å². The molecule has 4 heteroatoms. The summed E-state index contributed by atoms with van der Waals surface area (Å²) in [4.78, 5) is 4.32. The molecular weight excluding hydrogens is 284 g/mol. The van der Waals surface area contributed by atoms with Gasteiger partial charge in [-0.05, 0) is 48.6 Å². The molecule has 1 aliphatic carbocycles. The lowest BCUT2D eigenvalue weighted by Crippen LogP contribution is -2.15. The molecule has 3 rings (SSSR count).